The largest absolute Gasteiger partial charge is 0.356 e. The van der Waals surface area contributed by atoms with Crippen molar-refractivity contribution in [1.29, 1.82) is 0 Å². The maximum atomic E-state index is 11.6. The highest BCUT2D eigenvalue weighted by Crippen LogP contribution is 2.18. The van der Waals surface area contributed by atoms with E-state index in [0.717, 1.165) is 43.3 Å². The van der Waals surface area contributed by atoms with Crippen molar-refractivity contribution in [1.82, 2.24) is 15.3 Å². The van der Waals surface area contributed by atoms with Crippen LogP contribution in [0.4, 0.5) is 5.82 Å². The Hall–Kier alpha value is -1.40. The third kappa shape index (κ3) is 4.82. The maximum Gasteiger partial charge on any atom is 0.236 e. The van der Waals surface area contributed by atoms with Gasteiger partial charge in [0.05, 0.1) is 6.04 Å². The van der Waals surface area contributed by atoms with E-state index >= 15 is 0 Å². The first-order valence-corrected chi connectivity index (χ1v) is 7.09. The second kappa shape index (κ2) is 7.56. The monoisotopic (exact) mass is 313 g/mol. The molecule has 118 valence electrons. The van der Waals surface area contributed by atoms with Crippen LogP contribution in [0.1, 0.15) is 31.3 Å². The highest BCUT2D eigenvalue weighted by atomic mass is 35.5. The Bertz CT molecular complexity index is 466. The van der Waals surface area contributed by atoms with Crippen LogP contribution in [0.15, 0.2) is 6.07 Å². The number of piperidine rings is 1. The Morgan fingerprint density at radius 3 is 2.52 bits per heavy atom. The number of nitrogens with one attached hydrogen (secondary N) is 1. The fourth-order valence-corrected chi connectivity index (χ4v) is 2.44. The van der Waals surface area contributed by atoms with E-state index in [0.29, 0.717) is 0 Å². The van der Waals surface area contributed by atoms with Crippen LogP contribution in [0.5, 0.6) is 0 Å². The smallest absolute Gasteiger partial charge is 0.236 e. The molecule has 0 spiro atoms. The van der Waals surface area contributed by atoms with Crippen LogP contribution < -0.4 is 16.0 Å². The van der Waals surface area contributed by atoms with E-state index in [2.05, 4.69) is 20.2 Å². The van der Waals surface area contributed by atoms with Crippen molar-refractivity contribution in [3.63, 3.8) is 0 Å². The summed E-state index contributed by atoms with van der Waals surface area (Å²) in [5, 5.41) is 2.99. The molecule has 3 N–H and O–H groups in total. The van der Waals surface area contributed by atoms with Crippen molar-refractivity contribution >= 4 is 24.1 Å². The molecular weight excluding hydrogens is 290 g/mol. The Morgan fingerprint density at radius 1 is 1.38 bits per heavy atom. The number of hydrogen-bond donors (Lipinski definition) is 2. The van der Waals surface area contributed by atoms with Gasteiger partial charge in [-0.2, -0.15) is 0 Å². The number of hydrogen-bond acceptors (Lipinski definition) is 5. The molecule has 7 heteroatoms. The first-order valence-electron chi connectivity index (χ1n) is 7.09. The van der Waals surface area contributed by atoms with E-state index in [4.69, 9.17) is 5.73 Å². The summed E-state index contributed by atoms with van der Waals surface area (Å²) in [5.41, 5.74) is 6.55. The van der Waals surface area contributed by atoms with Gasteiger partial charge in [0.2, 0.25) is 5.91 Å². The van der Waals surface area contributed by atoms with Crippen LogP contribution in [0.25, 0.3) is 0 Å². The molecule has 0 saturated carbocycles. The molecular formula is C14H24ClN5O. The Morgan fingerprint density at radius 2 is 2.00 bits per heavy atom. The summed E-state index contributed by atoms with van der Waals surface area (Å²) in [7, 11) is 0. The van der Waals surface area contributed by atoms with E-state index in [1.54, 1.807) is 6.92 Å². The number of halogens is 1. The average Bonchev–Trinajstić information content (AvgIpc) is 2.38. The zero-order valence-electron chi connectivity index (χ0n) is 12.8. The molecule has 1 unspecified atom stereocenters. The van der Waals surface area contributed by atoms with E-state index in [1.165, 1.54) is 0 Å². The van der Waals surface area contributed by atoms with Gasteiger partial charge in [0.25, 0.3) is 0 Å². The molecule has 0 radical (unpaired) electrons. The zero-order valence-corrected chi connectivity index (χ0v) is 13.6. The van der Waals surface area contributed by atoms with Crippen molar-refractivity contribution < 1.29 is 4.79 Å². The number of aromatic nitrogens is 2. The third-order valence-electron chi connectivity index (χ3n) is 3.53. The second-order valence-corrected chi connectivity index (χ2v) is 5.47. The quantitative estimate of drug-likeness (QED) is 0.868. The molecule has 1 atom stereocenters. The molecule has 1 aromatic heterocycles. The molecule has 2 heterocycles. The molecule has 6 nitrogen and oxygen atoms in total. The summed E-state index contributed by atoms with van der Waals surface area (Å²) in [5.74, 6) is 1.71. The molecule has 0 aliphatic carbocycles. The van der Waals surface area contributed by atoms with Gasteiger partial charge >= 0.3 is 0 Å². The molecule has 1 aliphatic rings. The van der Waals surface area contributed by atoms with E-state index in [-0.39, 0.29) is 24.4 Å². The highest BCUT2D eigenvalue weighted by molar-refractivity contribution is 5.85. The predicted octanol–water partition coefficient (Wildman–Crippen LogP) is 0.947. The molecule has 1 amide bonds. The lowest BCUT2D eigenvalue weighted by atomic mass is 10.0. The number of nitrogens with zero attached hydrogens (tertiary/aromatic N) is 3. The number of amides is 1. The van der Waals surface area contributed by atoms with Gasteiger partial charge in [-0.15, -0.1) is 12.4 Å². The van der Waals surface area contributed by atoms with Gasteiger partial charge in [-0.25, -0.2) is 9.97 Å². The van der Waals surface area contributed by atoms with Gasteiger partial charge in [0.1, 0.15) is 11.6 Å². The molecule has 1 saturated heterocycles. The predicted molar refractivity (Wildman–Crippen MR) is 85.8 cm³/mol. The van der Waals surface area contributed by atoms with Crippen LogP contribution in [0.3, 0.4) is 0 Å². The first-order chi connectivity index (χ1) is 9.45. The Balaban J connectivity index is 0.00000220. The fraction of sp³-hybridized carbons (Fsp3) is 0.643. The van der Waals surface area contributed by atoms with Gasteiger partial charge in [0, 0.05) is 30.9 Å². The van der Waals surface area contributed by atoms with E-state index in [1.807, 2.05) is 19.9 Å². The van der Waals surface area contributed by atoms with Crippen LogP contribution in [-0.2, 0) is 4.79 Å². The number of rotatable bonds is 3. The van der Waals surface area contributed by atoms with Gasteiger partial charge < -0.3 is 16.0 Å². The molecule has 1 aliphatic heterocycles. The van der Waals surface area contributed by atoms with Crippen LogP contribution in [0.2, 0.25) is 0 Å². The number of aryl methyl sites for hydroxylation is 2. The molecule has 1 aromatic rings. The standard InChI is InChI=1S/C14H23N5O.ClH/c1-9-8-13(17-11(3)16-9)19-6-4-12(5-7-19)18-14(20)10(2)15;/h8,10,12H,4-7,15H2,1-3H3,(H,18,20);1H. The van der Waals surface area contributed by atoms with Crippen molar-refractivity contribution in [2.24, 2.45) is 5.73 Å². The summed E-state index contributed by atoms with van der Waals surface area (Å²) in [6, 6.07) is 1.78. The minimum atomic E-state index is -0.444. The van der Waals surface area contributed by atoms with Crippen LogP contribution in [-0.4, -0.2) is 41.0 Å². The number of carbonyl (C=O) groups is 1. The molecule has 0 aromatic carbocycles. The van der Waals surface area contributed by atoms with Crippen molar-refractivity contribution in [2.45, 2.75) is 45.7 Å². The van der Waals surface area contributed by atoms with E-state index in [9.17, 15) is 4.79 Å². The number of anilines is 1. The summed E-state index contributed by atoms with van der Waals surface area (Å²) >= 11 is 0. The lowest BCUT2D eigenvalue weighted by molar-refractivity contribution is -0.122. The molecule has 21 heavy (non-hydrogen) atoms. The fourth-order valence-electron chi connectivity index (χ4n) is 2.44. The summed E-state index contributed by atoms with van der Waals surface area (Å²) < 4.78 is 0. The SMILES string of the molecule is Cc1cc(N2CCC(NC(=O)C(C)N)CC2)nc(C)n1.Cl. The van der Waals surface area contributed by atoms with Gasteiger partial charge in [0.15, 0.2) is 0 Å². The topological polar surface area (TPSA) is 84.1 Å². The van der Waals surface area contributed by atoms with Gasteiger partial charge in [-0.05, 0) is 33.6 Å². The summed E-state index contributed by atoms with van der Waals surface area (Å²) in [4.78, 5) is 22.6. The zero-order chi connectivity index (χ0) is 14.7. The molecule has 0 bridgehead atoms. The van der Waals surface area contributed by atoms with Crippen LogP contribution in [0, 0.1) is 13.8 Å². The molecule has 1 fully saturated rings. The van der Waals surface area contributed by atoms with Gasteiger partial charge in [-0.1, -0.05) is 0 Å². The maximum absolute atomic E-state index is 11.6. The average molecular weight is 314 g/mol. The normalized spacial score (nSPS) is 17.0. The second-order valence-electron chi connectivity index (χ2n) is 5.47. The molecule has 2 rings (SSSR count). The summed E-state index contributed by atoms with van der Waals surface area (Å²) in [6.45, 7) is 7.37. The number of nitrogens with two attached hydrogens (primary N) is 1. The summed E-state index contributed by atoms with van der Waals surface area (Å²) in [6.07, 6.45) is 1.83. The minimum absolute atomic E-state index is 0. The van der Waals surface area contributed by atoms with Gasteiger partial charge in [-0.3, -0.25) is 4.79 Å². The van der Waals surface area contributed by atoms with Crippen molar-refractivity contribution in [3.05, 3.63) is 17.6 Å². The highest BCUT2D eigenvalue weighted by Gasteiger charge is 2.22. The Kier molecular flexibility index (Phi) is 6.36. The first kappa shape index (κ1) is 17.7. The number of carbonyl (C=O) groups excluding carboxylic acids is 1. The van der Waals surface area contributed by atoms with Crippen molar-refractivity contribution in [3.8, 4) is 0 Å². The van der Waals surface area contributed by atoms with E-state index < -0.39 is 6.04 Å². The van der Waals surface area contributed by atoms with Crippen molar-refractivity contribution in [2.75, 3.05) is 18.0 Å². The lowest BCUT2D eigenvalue weighted by Gasteiger charge is -2.33. The minimum Gasteiger partial charge on any atom is -0.356 e. The lowest BCUT2D eigenvalue weighted by Crippen LogP contribution is -2.49. The Labute approximate surface area is 131 Å². The third-order valence-corrected chi connectivity index (χ3v) is 3.53. The van der Waals surface area contributed by atoms with Crippen LogP contribution >= 0.6 is 12.4 Å².